The highest BCUT2D eigenvalue weighted by molar-refractivity contribution is 6.55. The third-order valence-electron chi connectivity index (χ3n) is 2.19. The Morgan fingerprint density at radius 2 is 0.667 bits per heavy atom. The van der Waals surface area contributed by atoms with Crippen LogP contribution in [-0.4, -0.2) is 47.1 Å². The van der Waals surface area contributed by atoms with Crippen LogP contribution < -0.4 is 0 Å². The highest BCUT2D eigenvalue weighted by Gasteiger charge is 2.30. The summed E-state index contributed by atoms with van der Waals surface area (Å²) in [5, 5.41) is 4.34. The molecule has 0 radical (unpaired) electrons. The molecule has 0 amide bonds. The Morgan fingerprint density at radius 3 is 0.750 bits per heavy atom. The van der Waals surface area contributed by atoms with E-state index in [1.807, 2.05) is 0 Å². The Kier molecular flexibility index (Phi) is 2.55. The zero-order valence-electron chi connectivity index (χ0n) is 9.00. The molecule has 6 heteroatoms. The van der Waals surface area contributed by atoms with E-state index in [4.69, 9.17) is 0 Å². The van der Waals surface area contributed by atoms with Crippen molar-refractivity contribution in [3.63, 3.8) is 0 Å². The van der Waals surface area contributed by atoms with Gasteiger partial charge in [0, 0.05) is 0 Å². The predicted octanol–water partition coefficient (Wildman–Crippen LogP) is -4.57. The van der Waals surface area contributed by atoms with Gasteiger partial charge in [-0.15, -0.1) is 16.1 Å². The maximum absolute atomic E-state index is 2.19. The van der Waals surface area contributed by atoms with Crippen LogP contribution in [0.4, 0.5) is 0 Å². The summed E-state index contributed by atoms with van der Waals surface area (Å²) in [4.78, 5) is 0. The fourth-order valence-corrected chi connectivity index (χ4v) is 1.69. The van der Waals surface area contributed by atoms with Gasteiger partial charge in [0.2, 0.25) is 0 Å². The summed E-state index contributed by atoms with van der Waals surface area (Å²) in [7, 11) is 13.1. The molecule has 0 bridgehead atoms. The first-order chi connectivity index (χ1) is 5.46. The van der Waals surface area contributed by atoms with Crippen molar-refractivity contribution in [1.29, 1.82) is 0 Å². The molecular weight excluding hydrogens is 137 g/mol. The molecule has 12 heavy (non-hydrogen) atoms. The Labute approximate surface area is 80.4 Å². The molecule has 0 N–H and O–H groups in total. The van der Waals surface area contributed by atoms with Crippen molar-refractivity contribution in [2.75, 3.05) is 0 Å². The lowest BCUT2D eigenvalue weighted by Gasteiger charge is -1.81. The van der Waals surface area contributed by atoms with Crippen molar-refractivity contribution >= 4 is 47.1 Å². The molecule has 0 nitrogen and oxygen atoms in total. The molecule has 0 aliphatic heterocycles. The monoisotopic (exact) mass is 150 g/mol. The van der Waals surface area contributed by atoms with E-state index >= 15 is 0 Å². The molecule has 0 heterocycles. The molecule has 0 saturated heterocycles. The summed E-state index contributed by atoms with van der Waals surface area (Å²) in [6.07, 6.45) is 0. The van der Waals surface area contributed by atoms with E-state index in [9.17, 15) is 0 Å². The number of allylic oxidation sites excluding steroid dienone is 3. The highest BCUT2D eigenvalue weighted by atomic mass is 14.3. The fourth-order valence-electron chi connectivity index (χ4n) is 1.69. The average Bonchev–Trinajstić information content (AvgIpc) is 2.58. The minimum Gasteiger partial charge on any atom is -0.137 e. The summed E-state index contributed by atoms with van der Waals surface area (Å²) in [6, 6.07) is 0. The summed E-state index contributed by atoms with van der Waals surface area (Å²) >= 11 is 0. The Hall–Kier alpha value is -0.390. The first-order valence-corrected chi connectivity index (χ1v) is 4.50. The second-order valence-electron chi connectivity index (χ2n) is 4.12. The van der Waals surface area contributed by atoms with Crippen molar-refractivity contribution in [3.05, 3.63) is 32.8 Å². The van der Waals surface area contributed by atoms with Gasteiger partial charge in [-0.25, -0.2) is 0 Å². The zero-order valence-corrected chi connectivity index (χ0v) is 9.00. The maximum Gasteiger partial charge on any atom is 0.122 e. The molecule has 54 valence electrons. The molecule has 0 atom stereocenters. The van der Waals surface area contributed by atoms with E-state index in [1.165, 1.54) is 32.8 Å². The molecule has 1 aliphatic carbocycles. The lowest BCUT2D eigenvalue weighted by atomic mass is 9.74. The lowest BCUT2D eigenvalue weighted by molar-refractivity contribution is 2.00. The predicted molar refractivity (Wildman–Crippen MR) is 72.3 cm³/mol. The van der Waals surface area contributed by atoms with Crippen LogP contribution in [-0.2, 0) is 0 Å². The maximum atomic E-state index is 2.19. The second-order valence-corrected chi connectivity index (χ2v) is 4.12. The van der Waals surface area contributed by atoms with Gasteiger partial charge in [0.15, 0.2) is 0 Å². The first kappa shape index (κ1) is 9.70. The van der Waals surface area contributed by atoms with Crippen LogP contribution in [0.15, 0.2) is 32.8 Å². The topological polar surface area (TPSA) is 0 Å². The van der Waals surface area contributed by atoms with Gasteiger partial charge < -0.3 is 0 Å². The third-order valence-corrected chi connectivity index (χ3v) is 2.19. The van der Waals surface area contributed by atoms with Gasteiger partial charge in [0.1, 0.15) is 47.1 Å². The molecule has 0 aromatic carbocycles. The van der Waals surface area contributed by atoms with E-state index in [0.29, 0.717) is 0 Å². The number of hydrogen-bond acceptors (Lipinski definition) is 0. The Balaban J connectivity index is 3.26. The van der Waals surface area contributed by atoms with Gasteiger partial charge in [-0.05, 0) is 16.7 Å². The van der Waals surface area contributed by atoms with Crippen LogP contribution in [0.25, 0.3) is 0 Å². The smallest absolute Gasteiger partial charge is 0.122 e. The van der Waals surface area contributed by atoms with Crippen LogP contribution >= 0.6 is 0 Å². The molecule has 0 aromatic rings. The van der Waals surface area contributed by atoms with Crippen molar-refractivity contribution in [1.82, 2.24) is 0 Å². The third kappa shape index (κ3) is 1.53. The summed E-state index contributed by atoms with van der Waals surface area (Å²) in [5.74, 6) is 0. The minimum atomic E-state index is 1.45. The van der Waals surface area contributed by atoms with Gasteiger partial charge in [0.05, 0.1) is 0 Å². The molecule has 0 unspecified atom stereocenters. The molecule has 1 rings (SSSR count). The van der Waals surface area contributed by atoms with Gasteiger partial charge in [-0.1, -0.05) is 0 Å². The quantitative estimate of drug-likeness (QED) is 0.304. The number of hydrogen-bond donors (Lipinski definition) is 0. The molecular formula is C6H12B6. The van der Waals surface area contributed by atoms with Crippen LogP contribution in [0.1, 0.15) is 0 Å². The van der Waals surface area contributed by atoms with Crippen molar-refractivity contribution in [2.24, 2.45) is 0 Å². The minimum absolute atomic E-state index is 1.45. The van der Waals surface area contributed by atoms with E-state index in [1.54, 1.807) is 0 Å². The summed E-state index contributed by atoms with van der Waals surface area (Å²) in [5.41, 5.74) is 4.53. The van der Waals surface area contributed by atoms with E-state index in [0.717, 1.165) is 0 Å². The largest absolute Gasteiger partial charge is 0.137 e. The van der Waals surface area contributed by atoms with Gasteiger partial charge in [0.25, 0.3) is 0 Å². The number of rotatable bonds is 0. The Bertz CT molecular complexity index is 245. The lowest BCUT2D eigenvalue weighted by Crippen LogP contribution is -1.79. The normalized spacial score (nSPS) is 14.5. The second kappa shape index (κ2) is 3.16. The molecule has 1 fully saturated rings. The van der Waals surface area contributed by atoms with Crippen LogP contribution in [0.5, 0.6) is 0 Å². The average molecular weight is 149 g/mol. The Morgan fingerprint density at radius 1 is 0.500 bits per heavy atom. The van der Waals surface area contributed by atoms with Crippen molar-refractivity contribution in [3.8, 4) is 0 Å². The standard InChI is InChI=1S/C6H12B6/c7-4(8)1-2(5(9)10)3(1)6(11)12/h7-12H2. The fraction of sp³-hybridized carbons (Fsp3) is 0. The molecule has 0 aromatic heterocycles. The highest BCUT2D eigenvalue weighted by Crippen LogP contribution is 2.47. The van der Waals surface area contributed by atoms with Crippen molar-refractivity contribution in [2.45, 2.75) is 0 Å². The van der Waals surface area contributed by atoms with Crippen molar-refractivity contribution < 1.29 is 0 Å². The van der Waals surface area contributed by atoms with E-state index in [-0.39, 0.29) is 0 Å². The van der Waals surface area contributed by atoms with Crippen LogP contribution in [0, 0.1) is 0 Å². The van der Waals surface area contributed by atoms with Gasteiger partial charge >= 0.3 is 0 Å². The molecule has 1 saturated carbocycles. The van der Waals surface area contributed by atoms with E-state index in [2.05, 4.69) is 47.1 Å². The van der Waals surface area contributed by atoms with Crippen LogP contribution in [0.2, 0.25) is 0 Å². The van der Waals surface area contributed by atoms with Gasteiger partial charge in [-0.3, -0.25) is 0 Å². The summed E-state index contributed by atoms with van der Waals surface area (Å²) < 4.78 is 0. The summed E-state index contributed by atoms with van der Waals surface area (Å²) in [6.45, 7) is 0. The zero-order chi connectivity index (χ0) is 9.46. The van der Waals surface area contributed by atoms with Crippen LogP contribution in [0.3, 0.4) is 0 Å². The SMILES string of the molecule is BC(B)=C1C(=C(B)B)C1=C(B)B. The molecule has 0 spiro atoms. The molecule has 1 aliphatic rings. The van der Waals surface area contributed by atoms with E-state index < -0.39 is 0 Å². The first-order valence-electron chi connectivity index (χ1n) is 4.50. The van der Waals surface area contributed by atoms with Gasteiger partial charge in [-0.2, -0.15) is 0 Å².